The van der Waals surface area contributed by atoms with Crippen LogP contribution in [0.5, 0.6) is 0 Å². The van der Waals surface area contributed by atoms with Crippen molar-refractivity contribution in [3.05, 3.63) is 21.4 Å². The minimum Gasteiger partial charge on any atom is -0.381 e. The number of nitrogens with two attached hydrogens (primary N) is 1. The maximum atomic E-state index is 12.7. The Labute approximate surface area is 123 Å². The van der Waals surface area contributed by atoms with E-state index in [1.807, 2.05) is 4.90 Å². The monoisotopic (exact) mass is 294 g/mol. The molecule has 0 saturated carbocycles. The summed E-state index contributed by atoms with van der Waals surface area (Å²) >= 11 is 1.68. The Balaban J connectivity index is 1.75. The van der Waals surface area contributed by atoms with Crippen LogP contribution < -0.4 is 5.73 Å². The molecule has 110 valence electrons. The number of ether oxygens (including phenoxy) is 1. The Morgan fingerprint density at radius 1 is 1.55 bits per heavy atom. The molecule has 1 fully saturated rings. The van der Waals surface area contributed by atoms with E-state index < -0.39 is 0 Å². The second-order valence-electron chi connectivity index (χ2n) is 5.68. The number of thiophene rings is 1. The van der Waals surface area contributed by atoms with Crippen LogP contribution in [-0.4, -0.2) is 43.2 Å². The van der Waals surface area contributed by atoms with Crippen molar-refractivity contribution in [3.8, 4) is 0 Å². The number of fused-ring (bicyclic) bond motifs is 1. The SMILES string of the molecule is COC1CCN(C(=O)c2cc3c(s2)CCC3)C(CN)C1. The highest BCUT2D eigenvalue weighted by Gasteiger charge is 2.32. The van der Waals surface area contributed by atoms with Crippen molar-refractivity contribution >= 4 is 17.2 Å². The van der Waals surface area contributed by atoms with Gasteiger partial charge in [-0.15, -0.1) is 11.3 Å². The number of rotatable bonds is 3. The van der Waals surface area contributed by atoms with Gasteiger partial charge in [0.1, 0.15) is 0 Å². The van der Waals surface area contributed by atoms with Gasteiger partial charge in [-0.3, -0.25) is 4.79 Å². The van der Waals surface area contributed by atoms with E-state index in [1.54, 1.807) is 18.4 Å². The normalized spacial score (nSPS) is 25.8. The lowest BCUT2D eigenvalue weighted by Gasteiger charge is -2.38. The van der Waals surface area contributed by atoms with E-state index in [1.165, 1.54) is 16.9 Å². The molecule has 1 amide bonds. The van der Waals surface area contributed by atoms with Crippen LogP contribution in [0, 0.1) is 0 Å². The Hall–Kier alpha value is -0.910. The molecule has 1 aromatic rings. The molecule has 1 aliphatic heterocycles. The molecular formula is C15H22N2O2S. The third kappa shape index (κ3) is 2.50. The van der Waals surface area contributed by atoms with E-state index in [0.717, 1.165) is 37.1 Å². The molecule has 0 radical (unpaired) electrons. The fraction of sp³-hybridized carbons (Fsp3) is 0.667. The fourth-order valence-corrected chi connectivity index (χ4v) is 4.50. The van der Waals surface area contributed by atoms with Crippen LogP contribution in [0.3, 0.4) is 0 Å². The molecule has 0 bridgehead atoms. The average Bonchev–Trinajstić information content (AvgIpc) is 3.07. The Kier molecular flexibility index (Phi) is 4.10. The highest BCUT2D eigenvalue weighted by atomic mass is 32.1. The molecule has 2 aliphatic rings. The number of amides is 1. The molecule has 2 heterocycles. The largest absolute Gasteiger partial charge is 0.381 e. The van der Waals surface area contributed by atoms with Gasteiger partial charge in [-0.1, -0.05) is 0 Å². The summed E-state index contributed by atoms with van der Waals surface area (Å²) in [7, 11) is 1.74. The predicted molar refractivity (Wildman–Crippen MR) is 80.3 cm³/mol. The standard InChI is InChI=1S/C15H22N2O2S/c1-19-12-5-6-17(11(8-12)9-16)15(18)14-7-10-3-2-4-13(10)20-14/h7,11-12H,2-6,8-9,16H2,1H3. The smallest absolute Gasteiger partial charge is 0.264 e. The maximum Gasteiger partial charge on any atom is 0.264 e. The first-order valence-electron chi connectivity index (χ1n) is 7.38. The number of methoxy groups -OCH3 is 1. The van der Waals surface area contributed by atoms with Crippen LogP contribution in [-0.2, 0) is 17.6 Å². The second-order valence-corrected chi connectivity index (χ2v) is 6.82. The highest BCUT2D eigenvalue weighted by molar-refractivity contribution is 7.14. The highest BCUT2D eigenvalue weighted by Crippen LogP contribution is 2.32. The number of piperidine rings is 1. The van der Waals surface area contributed by atoms with E-state index in [-0.39, 0.29) is 18.1 Å². The zero-order valence-corrected chi connectivity index (χ0v) is 12.7. The lowest BCUT2D eigenvalue weighted by atomic mass is 9.99. The summed E-state index contributed by atoms with van der Waals surface area (Å²) in [5.41, 5.74) is 7.24. The van der Waals surface area contributed by atoms with Crippen LogP contribution in [0.2, 0.25) is 0 Å². The molecule has 1 aliphatic carbocycles. The van der Waals surface area contributed by atoms with Gasteiger partial charge in [0, 0.05) is 31.1 Å². The van der Waals surface area contributed by atoms with Crippen LogP contribution >= 0.6 is 11.3 Å². The van der Waals surface area contributed by atoms with Gasteiger partial charge in [0.15, 0.2) is 0 Å². The zero-order valence-electron chi connectivity index (χ0n) is 11.9. The molecular weight excluding hydrogens is 272 g/mol. The molecule has 0 aromatic carbocycles. The number of likely N-dealkylation sites (tertiary alicyclic amines) is 1. The molecule has 3 rings (SSSR count). The summed E-state index contributed by atoms with van der Waals surface area (Å²) < 4.78 is 5.42. The molecule has 2 atom stereocenters. The van der Waals surface area contributed by atoms with Gasteiger partial charge in [-0.2, -0.15) is 0 Å². The number of nitrogens with zero attached hydrogens (tertiary/aromatic N) is 1. The molecule has 1 aromatic heterocycles. The molecule has 1 saturated heterocycles. The lowest BCUT2D eigenvalue weighted by molar-refractivity contribution is 0.0141. The Morgan fingerprint density at radius 2 is 2.40 bits per heavy atom. The second kappa shape index (κ2) is 5.84. The Morgan fingerprint density at radius 3 is 3.10 bits per heavy atom. The van der Waals surface area contributed by atoms with E-state index in [0.29, 0.717) is 6.54 Å². The average molecular weight is 294 g/mol. The van der Waals surface area contributed by atoms with E-state index >= 15 is 0 Å². The van der Waals surface area contributed by atoms with Crippen LogP contribution in [0.25, 0.3) is 0 Å². The first kappa shape index (κ1) is 14.0. The lowest BCUT2D eigenvalue weighted by Crippen LogP contribution is -2.51. The molecule has 0 spiro atoms. The van der Waals surface area contributed by atoms with Gasteiger partial charge >= 0.3 is 0 Å². The molecule has 2 N–H and O–H groups in total. The predicted octanol–water partition coefficient (Wildman–Crippen LogP) is 1.82. The zero-order chi connectivity index (χ0) is 14.1. The Bertz CT molecular complexity index is 479. The third-order valence-corrected chi connectivity index (χ3v) is 5.72. The summed E-state index contributed by atoms with van der Waals surface area (Å²) in [6.07, 6.45) is 5.50. The number of carbonyl (C=O) groups is 1. The molecule has 5 heteroatoms. The van der Waals surface area contributed by atoms with Gasteiger partial charge < -0.3 is 15.4 Å². The van der Waals surface area contributed by atoms with Crippen LogP contribution in [0.4, 0.5) is 0 Å². The van der Waals surface area contributed by atoms with Crippen molar-refractivity contribution in [2.45, 2.75) is 44.2 Å². The molecule has 2 unspecified atom stereocenters. The minimum absolute atomic E-state index is 0.109. The summed E-state index contributed by atoms with van der Waals surface area (Å²) in [6, 6.07) is 2.21. The fourth-order valence-electron chi connectivity index (χ4n) is 3.30. The van der Waals surface area contributed by atoms with E-state index in [2.05, 4.69) is 6.07 Å². The maximum absolute atomic E-state index is 12.7. The third-order valence-electron chi connectivity index (χ3n) is 4.49. The van der Waals surface area contributed by atoms with Crippen LogP contribution in [0.15, 0.2) is 6.07 Å². The summed E-state index contributed by atoms with van der Waals surface area (Å²) in [5, 5.41) is 0. The van der Waals surface area contributed by atoms with Crippen molar-refractivity contribution in [1.29, 1.82) is 0 Å². The van der Waals surface area contributed by atoms with Gasteiger partial charge in [0.05, 0.1) is 11.0 Å². The van der Waals surface area contributed by atoms with E-state index in [9.17, 15) is 4.79 Å². The van der Waals surface area contributed by atoms with Crippen molar-refractivity contribution in [2.24, 2.45) is 5.73 Å². The van der Waals surface area contributed by atoms with Gasteiger partial charge in [-0.25, -0.2) is 0 Å². The topological polar surface area (TPSA) is 55.6 Å². The summed E-state index contributed by atoms with van der Waals surface area (Å²) in [6.45, 7) is 1.26. The van der Waals surface area contributed by atoms with Crippen molar-refractivity contribution in [3.63, 3.8) is 0 Å². The van der Waals surface area contributed by atoms with Gasteiger partial charge in [-0.05, 0) is 43.7 Å². The molecule has 20 heavy (non-hydrogen) atoms. The first-order chi connectivity index (χ1) is 9.72. The van der Waals surface area contributed by atoms with Gasteiger partial charge in [0.2, 0.25) is 0 Å². The number of hydrogen-bond acceptors (Lipinski definition) is 4. The molecule has 4 nitrogen and oxygen atoms in total. The van der Waals surface area contributed by atoms with Crippen LogP contribution in [0.1, 0.15) is 39.4 Å². The quantitative estimate of drug-likeness (QED) is 0.925. The van der Waals surface area contributed by atoms with E-state index in [4.69, 9.17) is 10.5 Å². The first-order valence-corrected chi connectivity index (χ1v) is 8.20. The minimum atomic E-state index is 0.109. The number of carbonyl (C=O) groups excluding carboxylic acids is 1. The van der Waals surface area contributed by atoms with Crippen molar-refractivity contribution in [1.82, 2.24) is 4.90 Å². The number of hydrogen-bond donors (Lipinski definition) is 1. The van der Waals surface area contributed by atoms with Gasteiger partial charge in [0.25, 0.3) is 5.91 Å². The van der Waals surface area contributed by atoms with Crippen molar-refractivity contribution < 1.29 is 9.53 Å². The van der Waals surface area contributed by atoms with Crippen molar-refractivity contribution in [2.75, 3.05) is 20.2 Å². The summed E-state index contributed by atoms with van der Waals surface area (Å²) in [4.78, 5) is 17.0. The summed E-state index contributed by atoms with van der Waals surface area (Å²) in [5.74, 6) is 0.161. The number of aryl methyl sites for hydroxylation is 2.